The number of methoxy groups -OCH3 is 2. The van der Waals surface area contributed by atoms with Crippen LogP contribution in [0.3, 0.4) is 0 Å². The molecule has 224 valence electrons. The number of amides is 2. The van der Waals surface area contributed by atoms with Crippen LogP contribution in [0, 0.1) is 33.8 Å². The molecule has 4 aliphatic rings. The maximum Gasteiger partial charge on any atom is 0.271 e. The van der Waals surface area contributed by atoms with Crippen molar-refractivity contribution in [1.82, 2.24) is 0 Å². The van der Waals surface area contributed by atoms with Crippen molar-refractivity contribution in [3.05, 3.63) is 91.5 Å². The molecular formula is C32H25BrN2O9. The van der Waals surface area contributed by atoms with Crippen molar-refractivity contribution >= 4 is 56.8 Å². The lowest BCUT2D eigenvalue weighted by molar-refractivity contribution is -0.384. The second kappa shape index (κ2) is 11.0. The summed E-state index contributed by atoms with van der Waals surface area (Å²) in [5.41, 5.74) is 1.78. The summed E-state index contributed by atoms with van der Waals surface area (Å²) < 4.78 is 10.6. The Hall–Kier alpha value is -4.84. The molecule has 3 aliphatic carbocycles. The minimum Gasteiger partial charge on any atom is -0.502 e. The molecule has 2 aromatic rings. The van der Waals surface area contributed by atoms with Crippen molar-refractivity contribution in [2.75, 3.05) is 19.1 Å². The molecule has 11 nitrogen and oxygen atoms in total. The number of hydrogen-bond donors (Lipinski definition) is 1. The normalized spacial score (nSPS) is 24.6. The minimum atomic E-state index is -0.826. The topological polar surface area (TPSA) is 153 Å². The van der Waals surface area contributed by atoms with E-state index in [0.717, 1.165) is 10.5 Å². The molecule has 12 heteroatoms. The van der Waals surface area contributed by atoms with Gasteiger partial charge in [-0.1, -0.05) is 29.9 Å². The van der Waals surface area contributed by atoms with Crippen molar-refractivity contribution in [3.8, 4) is 17.2 Å². The van der Waals surface area contributed by atoms with E-state index < -0.39 is 40.4 Å². The van der Waals surface area contributed by atoms with Crippen molar-refractivity contribution in [1.29, 1.82) is 0 Å². The number of rotatable bonds is 6. The molecule has 1 N–H and O–H groups in total. The Morgan fingerprint density at radius 2 is 1.75 bits per heavy atom. The van der Waals surface area contributed by atoms with Gasteiger partial charge < -0.3 is 14.6 Å². The van der Waals surface area contributed by atoms with Crippen LogP contribution in [0.5, 0.6) is 17.2 Å². The van der Waals surface area contributed by atoms with Crippen molar-refractivity contribution < 1.29 is 38.7 Å². The molecule has 2 aromatic carbocycles. The fourth-order valence-electron chi connectivity index (χ4n) is 6.70. The molecule has 0 saturated carbocycles. The average Bonchev–Trinajstić information content (AvgIpc) is 3.27. The largest absolute Gasteiger partial charge is 0.502 e. The van der Waals surface area contributed by atoms with E-state index in [2.05, 4.69) is 15.9 Å². The van der Waals surface area contributed by atoms with Gasteiger partial charge in [0.25, 0.3) is 5.69 Å². The summed E-state index contributed by atoms with van der Waals surface area (Å²) in [7, 11) is 2.81. The number of fused-ring (bicyclic) bond motifs is 3. The van der Waals surface area contributed by atoms with E-state index in [-0.39, 0.29) is 63.1 Å². The van der Waals surface area contributed by atoms with Crippen LogP contribution in [0.2, 0.25) is 0 Å². The first-order valence-corrected chi connectivity index (χ1v) is 14.5. The number of benzene rings is 2. The summed E-state index contributed by atoms with van der Waals surface area (Å²) in [4.78, 5) is 66.1. The number of hydrogen-bond acceptors (Lipinski definition) is 9. The van der Waals surface area contributed by atoms with Gasteiger partial charge in [0.05, 0.1) is 41.1 Å². The van der Waals surface area contributed by atoms with E-state index in [4.69, 9.17) is 9.47 Å². The van der Waals surface area contributed by atoms with Crippen molar-refractivity contribution in [2.24, 2.45) is 23.7 Å². The smallest absolute Gasteiger partial charge is 0.271 e. The molecule has 1 aliphatic heterocycles. The van der Waals surface area contributed by atoms with Crippen LogP contribution in [0.1, 0.15) is 18.4 Å². The Morgan fingerprint density at radius 1 is 1.05 bits per heavy atom. The summed E-state index contributed by atoms with van der Waals surface area (Å²) in [6.45, 7) is 0. The highest BCUT2D eigenvalue weighted by atomic mass is 79.9. The Balaban J connectivity index is 1.43. The summed E-state index contributed by atoms with van der Waals surface area (Å²) in [6, 6.07) is 8.56. The lowest BCUT2D eigenvalue weighted by atomic mass is 9.61. The second-order valence-corrected chi connectivity index (χ2v) is 11.7. The van der Waals surface area contributed by atoms with Gasteiger partial charge in [-0.05, 0) is 58.5 Å². The third-order valence-electron chi connectivity index (χ3n) is 8.66. The molecule has 0 radical (unpaired) electrons. The van der Waals surface area contributed by atoms with Gasteiger partial charge >= 0.3 is 0 Å². The van der Waals surface area contributed by atoms with E-state index in [9.17, 15) is 34.4 Å². The molecule has 1 saturated heterocycles. The van der Waals surface area contributed by atoms with Crippen LogP contribution in [0.15, 0.2) is 75.8 Å². The van der Waals surface area contributed by atoms with Crippen LogP contribution >= 0.6 is 15.9 Å². The number of Topliss-reactive ketones (excluding diaryl/α,β-unsaturated/α-hetero) is 1. The SMILES string of the molecule is COc1cc(C=C[C@H]2C3=CC[C@@H]4C(=O)N(c5cccc([N+](=O)[O-])c5)C(=O)[C@@H]4[C@@H]3CC3=C2C(=O)C=C(Br)C3=O)cc(OC)c1O. The van der Waals surface area contributed by atoms with Crippen molar-refractivity contribution in [2.45, 2.75) is 12.8 Å². The van der Waals surface area contributed by atoms with E-state index >= 15 is 0 Å². The first kappa shape index (κ1) is 29.2. The number of phenols is 1. The molecule has 0 unspecified atom stereocenters. The number of aromatic hydroxyl groups is 1. The van der Waals surface area contributed by atoms with Gasteiger partial charge in [-0.15, -0.1) is 0 Å². The van der Waals surface area contributed by atoms with Crippen LogP contribution in [-0.4, -0.2) is 47.6 Å². The van der Waals surface area contributed by atoms with Gasteiger partial charge in [0.2, 0.25) is 17.6 Å². The highest BCUT2D eigenvalue weighted by Gasteiger charge is 2.56. The number of ketones is 2. The van der Waals surface area contributed by atoms with Gasteiger partial charge in [-0.3, -0.25) is 29.3 Å². The maximum absolute atomic E-state index is 14.0. The lowest BCUT2D eigenvalue weighted by Crippen LogP contribution is -2.40. The molecule has 0 spiro atoms. The van der Waals surface area contributed by atoms with E-state index in [1.165, 1.54) is 44.6 Å². The molecule has 4 atom stereocenters. The number of allylic oxidation sites excluding steroid dienone is 7. The fourth-order valence-corrected chi connectivity index (χ4v) is 7.15. The number of imide groups is 1. The molecule has 0 aromatic heterocycles. The first-order chi connectivity index (χ1) is 21.0. The van der Waals surface area contributed by atoms with Crippen molar-refractivity contribution in [3.63, 3.8) is 0 Å². The Labute approximate surface area is 259 Å². The number of carbonyl (C=O) groups is 4. The highest BCUT2D eigenvalue weighted by molar-refractivity contribution is 9.12. The zero-order valence-electron chi connectivity index (χ0n) is 23.5. The molecule has 2 amide bonds. The molecule has 0 bridgehead atoms. The average molecular weight is 661 g/mol. The Kier molecular flexibility index (Phi) is 7.32. The van der Waals surface area contributed by atoms with Gasteiger partial charge in [-0.25, -0.2) is 4.90 Å². The molecule has 1 fully saturated rings. The third-order valence-corrected chi connectivity index (χ3v) is 9.25. The third kappa shape index (κ3) is 4.57. The number of anilines is 1. The number of phenolic OH excluding ortho intramolecular Hbond substituents is 1. The van der Waals surface area contributed by atoms with Crippen LogP contribution in [0.25, 0.3) is 6.08 Å². The second-order valence-electron chi connectivity index (χ2n) is 10.9. The van der Waals surface area contributed by atoms with E-state index in [1.807, 2.05) is 6.08 Å². The van der Waals surface area contributed by atoms with Crippen LogP contribution < -0.4 is 14.4 Å². The fraction of sp³-hybridized carbons (Fsp3) is 0.250. The monoisotopic (exact) mass is 660 g/mol. The molecule has 44 heavy (non-hydrogen) atoms. The minimum absolute atomic E-state index is 0.0862. The van der Waals surface area contributed by atoms with Crippen LogP contribution in [-0.2, 0) is 19.2 Å². The van der Waals surface area contributed by atoms with Gasteiger partial charge in [0, 0.05) is 35.3 Å². The summed E-state index contributed by atoms with van der Waals surface area (Å²) in [5, 5.41) is 21.7. The number of nitro benzene ring substituents is 1. The lowest BCUT2D eigenvalue weighted by Gasteiger charge is -2.41. The number of nitrogens with zero attached hydrogens (tertiary/aromatic N) is 2. The molecule has 1 heterocycles. The predicted molar refractivity (Wildman–Crippen MR) is 161 cm³/mol. The summed E-state index contributed by atoms with van der Waals surface area (Å²) in [6.07, 6.45) is 6.91. The number of nitro groups is 1. The zero-order valence-corrected chi connectivity index (χ0v) is 25.1. The number of halogens is 1. The predicted octanol–water partition coefficient (Wildman–Crippen LogP) is 4.83. The number of ether oxygens (including phenoxy) is 2. The summed E-state index contributed by atoms with van der Waals surface area (Å²) in [5.74, 6) is -4.27. The van der Waals surface area contributed by atoms with Gasteiger partial charge in [0.15, 0.2) is 23.1 Å². The zero-order chi connectivity index (χ0) is 31.4. The number of non-ortho nitro benzene ring substituents is 1. The van der Waals surface area contributed by atoms with E-state index in [0.29, 0.717) is 11.1 Å². The summed E-state index contributed by atoms with van der Waals surface area (Å²) >= 11 is 3.20. The number of carbonyl (C=O) groups excluding carboxylic acids is 4. The standard InChI is InChI=1S/C32H25BrN2O9/c1-43-25-10-15(11-26(44-2)30(25)38)6-7-19-18-8-9-20-28(21(18)13-22-27(19)24(36)14-23(33)29(22)37)32(40)34(31(20)39)16-4-3-5-17(12-16)35(41)42/h3-8,10-12,14,19-21,28,38H,9,13H2,1-2H3/t19-,20-,21+,28-/m0/s1. The van der Waals surface area contributed by atoms with Gasteiger partial charge in [-0.2, -0.15) is 0 Å². The quantitative estimate of drug-likeness (QED) is 0.151. The highest BCUT2D eigenvalue weighted by Crippen LogP contribution is 2.53. The Morgan fingerprint density at radius 3 is 2.41 bits per heavy atom. The van der Waals surface area contributed by atoms with Gasteiger partial charge in [0.1, 0.15) is 0 Å². The first-order valence-electron chi connectivity index (χ1n) is 13.7. The van der Waals surface area contributed by atoms with Crippen LogP contribution in [0.4, 0.5) is 11.4 Å². The molecular weight excluding hydrogens is 636 g/mol. The van der Waals surface area contributed by atoms with E-state index in [1.54, 1.807) is 24.3 Å². The maximum atomic E-state index is 14.0. The molecule has 6 rings (SSSR count). The Bertz CT molecular complexity index is 1780.